The first-order chi connectivity index (χ1) is 10.8. The molecule has 0 aromatic heterocycles. The van der Waals surface area contributed by atoms with Crippen molar-refractivity contribution in [1.82, 2.24) is 0 Å². The van der Waals surface area contributed by atoms with Gasteiger partial charge in [-0.1, -0.05) is 42.5 Å². The van der Waals surface area contributed by atoms with E-state index in [9.17, 15) is 0 Å². The van der Waals surface area contributed by atoms with E-state index in [1.54, 1.807) is 11.8 Å². The number of fused-ring (bicyclic) bond motifs is 4. The normalized spacial score (nSPS) is 21.3. The number of para-hydroxylation sites is 1. The van der Waals surface area contributed by atoms with Crippen molar-refractivity contribution in [2.75, 3.05) is 5.32 Å². The van der Waals surface area contributed by atoms with Crippen molar-refractivity contribution in [3.05, 3.63) is 72.3 Å². The van der Waals surface area contributed by atoms with Crippen LogP contribution in [-0.4, -0.2) is 5.06 Å². The fourth-order valence-electron chi connectivity index (χ4n) is 3.08. The van der Waals surface area contributed by atoms with Gasteiger partial charge in [0, 0.05) is 10.5 Å². The van der Waals surface area contributed by atoms with Crippen molar-refractivity contribution < 1.29 is 4.74 Å². The maximum atomic E-state index is 6.34. The molecule has 2 heterocycles. The van der Waals surface area contributed by atoms with Gasteiger partial charge in [-0.15, -0.1) is 0 Å². The minimum Gasteiger partial charge on any atom is -0.454 e. The van der Waals surface area contributed by atoms with Crippen LogP contribution in [0.2, 0.25) is 0 Å². The molecule has 3 aromatic rings. The van der Waals surface area contributed by atoms with Crippen molar-refractivity contribution in [1.29, 1.82) is 0 Å². The molecular weight excluding hydrogens is 290 g/mol. The summed E-state index contributed by atoms with van der Waals surface area (Å²) in [4.78, 5) is 1.22. The summed E-state index contributed by atoms with van der Waals surface area (Å²) in [6.07, 6.45) is 4.29. The SMILES string of the molecule is C1=CC2(Nc3ccccc3S2)Oc2ccc3ccccc3c21. The second kappa shape index (κ2) is 4.31. The smallest absolute Gasteiger partial charge is 0.253 e. The first-order valence-electron chi connectivity index (χ1n) is 7.29. The van der Waals surface area contributed by atoms with Crippen LogP contribution in [0.1, 0.15) is 5.56 Å². The van der Waals surface area contributed by atoms with Gasteiger partial charge in [0.05, 0.1) is 5.69 Å². The van der Waals surface area contributed by atoms with Gasteiger partial charge in [-0.3, -0.25) is 0 Å². The summed E-state index contributed by atoms with van der Waals surface area (Å²) in [7, 11) is 0. The summed E-state index contributed by atoms with van der Waals surface area (Å²) < 4.78 is 6.34. The molecule has 0 radical (unpaired) electrons. The van der Waals surface area contributed by atoms with Gasteiger partial charge in [-0.05, 0) is 52.9 Å². The zero-order chi connectivity index (χ0) is 14.6. The Morgan fingerprint density at radius 2 is 1.77 bits per heavy atom. The molecule has 22 heavy (non-hydrogen) atoms. The fraction of sp³-hybridized carbons (Fsp3) is 0.0526. The van der Waals surface area contributed by atoms with Crippen molar-refractivity contribution in [3.63, 3.8) is 0 Å². The number of hydrogen-bond acceptors (Lipinski definition) is 3. The maximum Gasteiger partial charge on any atom is 0.253 e. The molecule has 0 saturated carbocycles. The van der Waals surface area contributed by atoms with E-state index in [-0.39, 0.29) is 0 Å². The highest BCUT2D eigenvalue weighted by Crippen LogP contribution is 2.50. The summed E-state index contributed by atoms with van der Waals surface area (Å²) in [5.41, 5.74) is 2.28. The third-order valence-electron chi connectivity index (χ3n) is 4.12. The van der Waals surface area contributed by atoms with E-state index < -0.39 is 5.06 Å². The average molecular weight is 303 g/mol. The number of hydrogen-bond donors (Lipinski definition) is 1. The second-order valence-electron chi connectivity index (χ2n) is 5.52. The highest BCUT2D eigenvalue weighted by molar-refractivity contribution is 8.01. The maximum absolute atomic E-state index is 6.34. The van der Waals surface area contributed by atoms with Crippen LogP contribution in [-0.2, 0) is 0 Å². The third-order valence-corrected chi connectivity index (χ3v) is 5.32. The van der Waals surface area contributed by atoms with Gasteiger partial charge in [0.1, 0.15) is 5.75 Å². The summed E-state index contributed by atoms with van der Waals surface area (Å²) in [5.74, 6) is 0.925. The summed E-state index contributed by atoms with van der Waals surface area (Å²) >= 11 is 1.71. The standard InChI is InChI=1S/C19H13NOS/c1-2-6-14-13(5-1)9-10-17-15(14)11-12-19(21-17)20-16-7-3-4-8-18(16)22-19/h1-12,20H. The Hall–Kier alpha value is -2.39. The number of nitrogens with one attached hydrogen (secondary N) is 1. The topological polar surface area (TPSA) is 21.3 Å². The lowest BCUT2D eigenvalue weighted by molar-refractivity contribution is 0.244. The molecule has 0 fully saturated rings. The lowest BCUT2D eigenvalue weighted by Crippen LogP contribution is -2.37. The first kappa shape index (κ1) is 12.2. The van der Waals surface area contributed by atoms with Crippen LogP contribution in [0.15, 0.2) is 71.6 Å². The highest BCUT2D eigenvalue weighted by Gasteiger charge is 2.40. The molecule has 1 spiro atoms. The number of anilines is 1. The van der Waals surface area contributed by atoms with Crippen LogP contribution in [0.5, 0.6) is 5.75 Å². The molecule has 106 valence electrons. The molecule has 0 amide bonds. The monoisotopic (exact) mass is 303 g/mol. The van der Waals surface area contributed by atoms with Gasteiger partial charge < -0.3 is 10.1 Å². The molecule has 2 nitrogen and oxygen atoms in total. The van der Waals surface area contributed by atoms with E-state index >= 15 is 0 Å². The van der Waals surface area contributed by atoms with Crippen molar-refractivity contribution in [2.24, 2.45) is 0 Å². The summed E-state index contributed by atoms with van der Waals surface area (Å²) in [5, 5.41) is 5.43. The number of thioether (sulfide) groups is 1. The van der Waals surface area contributed by atoms with E-state index in [1.807, 2.05) is 6.07 Å². The molecule has 3 heteroatoms. The molecule has 5 rings (SSSR count). The largest absolute Gasteiger partial charge is 0.454 e. The van der Waals surface area contributed by atoms with Gasteiger partial charge in [-0.25, -0.2) is 0 Å². The van der Waals surface area contributed by atoms with Gasteiger partial charge in [-0.2, -0.15) is 0 Å². The van der Waals surface area contributed by atoms with Crippen molar-refractivity contribution in [2.45, 2.75) is 9.95 Å². The molecule has 0 bridgehead atoms. The molecular formula is C19H13NOS. The van der Waals surface area contributed by atoms with E-state index in [0.29, 0.717) is 0 Å². The molecule has 2 aliphatic rings. The van der Waals surface area contributed by atoms with E-state index in [1.165, 1.54) is 15.7 Å². The highest BCUT2D eigenvalue weighted by atomic mass is 32.2. The average Bonchev–Trinajstić information content (AvgIpc) is 2.91. The predicted molar refractivity (Wildman–Crippen MR) is 92.3 cm³/mol. The predicted octanol–water partition coefficient (Wildman–Crippen LogP) is 5.12. The lowest BCUT2D eigenvalue weighted by Gasteiger charge is -2.31. The first-order valence-corrected chi connectivity index (χ1v) is 8.11. The van der Waals surface area contributed by atoms with Crippen LogP contribution < -0.4 is 10.1 Å². The fourth-order valence-corrected chi connectivity index (χ4v) is 4.22. The zero-order valence-corrected chi connectivity index (χ0v) is 12.6. The molecule has 1 N–H and O–H groups in total. The van der Waals surface area contributed by atoms with Gasteiger partial charge >= 0.3 is 0 Å². The van der Waals surface area contributed by atoms with Crippen LogP contribution in [0.4, 0.5) is 5.69 Å². The minimum absolute atomic E-state index is 0.529. The van der Waals surface area contributed by atoms with Crippen LogP contribution in [0.3, 0.4) is 0 Å². The Kier molecular flexibility index (Phi) is 2.38. The number of benzene rings is 3. The van der Waals surface area contributed by atoms with Crippen LogP contribution in [0.25, 0.3) is 16.8 Å². The Morgan fingerprint density at radius 3 is 2.73 bits per heavy atom. The lowest BCUT2D eigenvalue weighted by atomic mass is 10.0. The van der Waals surface area contributed by atoms with Crippen molar-refractivity contribution >= 4 is 34.3 Å². The Morgan fingerprint density at radius 1 is 0.909 bits per heavy atom. The molecule has 2 aliphatic heterocycles. The molecule has 1 unspecified atom stereocenters. The van der Waals surface area contributed by atoms with Crippen LogP contribution >= 0.6 is 11.8 Å². The minimum atomic E-state index is -0.529. The Balaban J connectivity index is 1.61. The van der Waals surface area contributed by atoms with Gasteiger partial charge in [0.15, 0.2) is 0 Å². The van der Waals surface area contributed by atoms with E-state index in [4.69, 9.17) is 4.74 Å². The Labute approximate surface area is 132 Å². The molecule has 0 aliphatic carbocycles. The number of ether oxygens (including phenoxy) is 1. The van der Waals surface area contributed by atoms with Gasteiger partial charge in [0.2, 0.25) is 0 Å². The van der Waals surface area contributed by atoms with E-state index in [2.05, 4.69) is 72.1 Å². The summed E-state index contributed by atoms with van der Waals surface area (Å²) in [6.45, 7) is 0. The summed E-state index contributed by atoms with van der Waals surface area (Å²) in [6, 6.07) is 20.9. The zero-order valence-electron chi connectivity index (χ0n) is 11.7. The van der Waals surface area contributed by atoms with Crippen molar-refractivity contribution in [3.8, 4) is 5.75 Å². The second-order valence-corrected chi connectivity index (χ2v) is 6.78. The Bertz CT molecular complexity index is 907. The van der Waals surface area contributed by atoms with E-state index in [0.717, 1.165) is 17.0 Å². The van der Waals surface area contributed by atoms with Crippen LogP contribution in [0, 0.1) is 0 Å². The molecule has 3 aromatic carbocycles. The number of rotatable bonds is 0. The molecule has 1 atom stereocenters. The third kappa shape index (κ3) is 1.69. The quantitative estimate of drug-likeness (QED) is 0.623. The van der Waals surface area contributed by atoms with Gasteiger partial charge in [0.25, 0.3) is 5.06 Å². The molecule has 0 saturated heterocycles.